The van der Waals surface area contributed by atoms with Crippen LogP contribution in [-0.4, -0.2) is 6.61 Å². The maximum Gasteiger partial charge on any atom is 0.0955 e. The molecular formula is C11H14O3P-. The first-order valence-electron chi connectivity index (χ1n) is 4.91. The van der Waals surface area contributed by atoms with Crippen molar-refractivity contribution in [2.24, 2.45) is 5.41 Å². The largest absolute Gasteiger partial charge is 0.786 e. The van der Waals surface area contributed by atoms with Crippen LogP contribution in [0.2, 0.25) is 0 Å². The molecule has 0 bridgehead atoms. The van der Waals surface area contributed by atoms with Crippen molar-refractivity contribution in [2.75, 3.05) is 6.61 Å². The lowest BCUT2D eigenvalue weighted by Crippen LogP contribution is -2.34. The number of hydrogen-bond acceptors (Lipinski definition) is 3. The van der Waals surface area contributed by atoms with Crippen LogP contribution in [0.5, 0.6) is 0 Å². The van der Waals surface area contributed by atoms with Gasteiger partial charge in [-0.3, -0.25) is 0 Å². The quantitative estimate of drug-likeness (QED) is 0.689. The fraction of sp³-hybridized carbons (Fsp3) is 0.455. The Hall–Kier alpha value is -0.470. The van der Waals surface area contributed by atoms with E-state index in [0.717, 1.165) is 5.56 Å². The zero-order chi connectivity index (χ0) is 10.9. The fourth-order valence-electron chi connectivity index (χ4n) is 1.69. The van der Waals surface area contributed by atoms with Crippen molar-refractivity contribution in [3.05, 3.63) is 35.9 Å². The van der Waals surface area contributed by atoms with E-state index < -0.39 is 8.60 Å². The first-order valence-corrected chi connectivity index (χ1v) is 6.01. The summed E-state index contributed by atoms with van der Waals surface area (Å²) in [6.07, 6.45) is -0.156. The number of hydrogen-bond donors (Lipinski definition) is 0. The van der Waals surface area contributed by atoms with Crippen LogP contribution in [0.15, 0.2) is 30.3 Å². The zero-order valence-electron chi connectivity index (χ0n) is 8.84. The first-order chi connectivity index (χ1) is 7.09. The zero-order valence-corrected chi connectivity index (χ0v) is 9.74. The third-order valence-corrected chi connectivity index (χ3v) is 3.27. The molecule has 2 atom stereocenters. The fourth-order valence-corrected chi connectivity index (χ4v) is 2.77. The summed E-state index contributed by atoms with van der Waals surface area (Å²) in [4.78, 5) is 11.2. The van der Waals surface area contributed by atoms with Crippen LogP contribution in [0, 0.1) is 5.41 Å². The second kappa shape index (κ2) is 4.18. The second-order valence-electron chi connectivity index (χ2n) is 4.38. The van der Waals surface area contributed by atoms with Gasteiger partial charge in [-0.2, -0.15) is 0 Å². The number of benzene rings is 1. The summed E-state index contributed by atoms with van der Waals surface area (Å²) in [7, 11) is -1.96. The molecule has 0 N–H and O–H groups in total. The van der Waals surface area contributed by atoms with Gasteiger partial charge < -0.3 is 13.9 Å². The smallest absolute Gasteiger partial charge is 0.0955 e. The van der Waals surface area contributed by atoms with Gasteiger partial charge >= 0.3 is 0 Å². The highest BCUT2D eigenvalue weighted by Crippen LogP contribution is 2.50. The lowest BCUT2D eigenvalue weighted by Gasteiger charge is -2.44. The molecule has 2 rings (SSSR count). The Bertz CT molecular complexity index is 326. The predicted molar refractivity (Wildman–Crippen MR) is 56.9 cm³/mol. The molecule has 0 spiro atoms. The predicted octanol–water partition coefficient (Wildman–Crippen LogP) is 2.39. The summed E-state index contributed by atoms with van der Waals surface area (Å²) < 4.78 is 10.4. The molecule has 15 heavy (non-hydrogen) atoms. The normalized spacial score (nSPS) is 30.1. The van der Waals surface area contributed by atoms with Crippen molar-refractivity contribution in [3.8, 4) is 0 Å². The molecule has 0 radical (unpaired) electrons. The summed E-state index contributed by atoms with van der Waals surface area (Å²) in [5, 5.41) is 0. The van der Waals surface area contributed by atoms with Crippen molar-refractivity contribution >= 4 is 8.60 Å². The summed E-state index contributed by atoms with van der Waals surface area (Å²) in [5.41, 5.74) is 0.902. The van der Waals surface area contributed by atoms with Gasteiger partial charge in [-0.1, -0.05) is 44.2 Å². The van der Waals surface area contributed by atoms with E-state index in [-0.39, 0.29) is 11.5 Å². The molecule has 1 heterocycles. The third-order valence-electron chi connectivity index (χ3n) is 2.55. The summed E-state index contributed by atoms with van der Waals surface area (Å²) >= 11 is 0. The van der Waals surface area contributed by atoms with Gasteiger partial charge in [0.1, 0.15) is 0 Å². The average molecular weight is 225 g/mol. The number of rotatable bonds is 1. The van der Waals surface area contributed by atoms with Crippen molar-refractivity contribution < 1.29 is 13.9 Å². The van der Waals surface area contributed by atoms with E-state index in [4.69, 9.17) is 9.05 Å². The molecule has 1 saturated heterocycles. The minimum Gasteiger partial charge on any atom is -0.786 e. The minimum atomic E-state index is -1.96. The van der Waals surface area contributed by atoms with Crippen LogP contribution < -0.4 is 4.89 Å². The van der Waals surface area contributed by atoms with Crippen molar-refractivity contribution in [1.82, 2.24) is 0 Å². The van der Waals surface area contributed by atoms with Crippen molar-refractivity contribution in [3.63, 3.8) is 0 Å². The molecule has 1 fully saturated rings. The van der Waals surface area contributed by atoms with Crippen LogP contribution in [0.4, 0.5) is 0 Å². The van der Waals surface area contributed by atoms with E-state index in [2.05, 4.69) is 0 Å². The molecule has 0 aliphatic carbocycles. The molecule has 1 aliphatic heterocycles. The van der Waals surface area contributed by atoms with Crippen LogP contribution in [0.3, 0.4) is 0 Å². The molecule has 1 aromatic carbocycles. The highest BCUT2D eigenvalue weighted by atomic mass is 31.2. The monoisotopic (exact) mass is 225 g/mol. The first kappa shape index (κ1) is 11.0. The summed E-state index contributed by atoms with van der Waals surface area (Å²) in [5.74, 6) is 0. The van der Waals surface area contributed by atoms with E-state index in [0.29, 0.717) is 6.61 Å². The maximum atomic E-state index is 11.2. The molecule has 0 amide bonds. The minimum absolute atomic E-state index is 0.148. The van der Waals surface area contributed by atoms with Gasteiger partial charge in [0.2, 0.25) is 0 Å². The van der Waals surface area contributed by atoms with Gasteiger partial charge in [-0.05, 0) is 5.56 Å². The van der Waals surface area contributed by atoms with Crippen LogP contribution in [0.1, 0.15) is 25.5 Å². The summed E-state index contributed by atoms with van der Waals surface area (Å²) in [6.45, 7) is 4.56. The molecule has 3 nitrogen and oxygen atoms in total. The van der Waals surface area contributed by atoms with E-state index in [1.807, 2.05) is 44.2 Å². The van der Waals surface area contributed by atoms with Crippen LogP contribution in [-0.2, 0) is 9.05 Å². The Balaban J connectivity index is 2.26. The Morgan fingerprint density at radius 1 is 1.33 bits per heavy atom. The molecule has 1 aliphatic rings. The van der Waals surface area contributed by atoms with Gasteiger partial charge in [0.15, 0.2) is 0 Å². The van der Waals surface area contributed by atoms with Gasteiger partial charge in [0, 0.05) is 5.41 Å². The van der Waals surface area contributed by atoms with E-state index >= 15 is 0 Å². The van der Waals surface area contributed by atoms with Crippen LogP contribution >= 0.6 is 8.60 Å². The van der Waals surface area contributed by atoms with Gasteiger partial charge in [-0.25, -0.2) is 0 Å². The Kier molecular flexibility index (Phi) is 3.08. The average Bonchev–Trinajstić information content (AvgIpc) is 2.23. The standard InChI is InChI=1S/C11H14O3P/c1-11(2)8-13-15(12)14-10(11)9-6-4-3-5-7-9/h3-7,10H,8H2,1-2H3/q-1/t10-,15?/m0/s1. The topological polar surface area (TPSA) is 41.5 Å². The van der Waals surface area contributed by atoms with Gasteiger partial charge in [-0.15, -0.1) is 0 Å². The maximum absolute atomic E-state index is 11.2. The second-order valence-corrected chi connectivity index (χ2v) is 5.30. The third kappa shape index (κ3) is 2.37. The molecule has 0 saturated carbocycles. The van der Waals surface area contributed by atoms with E-state index in [1.165, 1.54) is 0 Å². The van der Waals surface area contributed by atoms with E-state index in [1.54, 1.807) is 0 Å². The molecule has 1 unspecified atom stereocenters. The molecule has 1 aromatic rings. The van der Waals surface area contributed by atoms with Crippen molar-refractivity contribution in [1.29, 1.82) is 0 Å². The molecule has 4 heteroatoms. The Morgan fingerprint density at radius 2 is 2.00 bits per heavy atom. The summed E-state index contributed by atoms with van der Waals surface area (Å²) in [6, 6.07) is 9.84. The van der Waals surface area contributed by atoms with Crippen molar-refractivity contribution in [2.45, 2.75) is 20.0 Å². The lowest BCUT2D eigenvalue weighted by molar-refractivity contribution is -0.228. The highest BCUT2D eigenvalue weighted by molar-refractivity contribution is 7.39. The molecule has 82 valence electrons. The van der Waals surface area contributed by atoms with Crippen LogP contribution in [0.25, 0.3) is 0 Å². The Morgan fingerprint density at radius 3 is 2.67 bits per heavy atom. The Labute approximate surface area is 91.0 Å². The lowest BCUT2D eigenvalue weighted by atomic mass is 9.83. The SMILES string of the molecule is CC1(C)COP([O-])O[C@H]1c1ccccc1. The highest BCUT2D eigenvalue weighted by Gasteiger charge is 2.36. The van der Waals surface area contributed by atoms with E-state index in [9.17, 15) is 4.89 Å². The van der Waals surface area contributed by atoms with Gasteiger partial charge in [0.25, 0.3) is 0 Å². The van der Waals surface area contributed by atoms with Gasteiger partial charge in [0.05, 0.1) is 21.3 Å². The molecule has 0 aromatic heterocycles. The molecular weight excluding hydrogens is 211 g/mol.